The third-order valence-corrected chi connectivity index (χ3v) is 2.95. The Morgan fingerprint density at radius 1 is 1.42 bits per heavy atom. The van der Waals surface area contributed by atoms with Gasteiger partial charge in [0.2, 0.25) is 0 Å². The fraction of sp³-hybridized carbons (Fsp3) is 1.00. The number of nitrogens with two attached hydrogens (primary N) is 1. The molecule has 0 aliphatic carbocycles. The molecule has 1 aliphatic heterocycles. The molecular weight excluding hydrogens is 200 g/mol. The van der Waals surface area contributed by atoms with Crippen molar-refractivity contribution >= 4 is 23.4 Å². The van der Waals surface area contributed by atoms with E-state index in [0.717, 1.165) is 25.9 Å². The lowest BCUT2D eigenvalue weighted by molar-refractivity contribution is 0.336. The molecule has 0 bridgehead atoms. The van der Waals surface area contributed by atoms with Crippen LogP contribution in [0.1, 0.15) is 12.8 Å². The predicted molar refractivity (Wildman–Crippen MR) is 53.7 cm³/mol. The van der Waals surface area contributed by atoms with Crippen LogP contribution in [0.3, 0.4) is 0 Å². The number of piperidine rings is 1. The second-order valence-corrected chi connectivity index (χ2v) is 4.05. The van der Waals surface area contributed by atoms with Gasteiger partial charge in [-0.05, 0) is 12.8 Å². The maximum absolute atomic E-state index is 10.9. The van der Waals surface area contributed by atoms with Gasteiger partial charge in [0.05, 0.1) is 11.0 Å². The third-order valence-electron chi connectivity index (χ3n) is 1.86. The molecule has 4 N–H and O–H groups in total. The minimum atomic E-state index is -0.789. The van der Waals surface area contributed by atoms with Crippen LogP contribution in [0.2, 0.25) is 0 Å². The minimum Gasteiger partial charge on any atom is -0.412 e. The molecule has 6 heteroatoms. The van der Waals surface area contributed by atoms with E-state index in [2.05, 4.69) is 0 Å². The molecule has 1 unspecified atom stereocenters. The average molecular weight is 217 g/mol. The summed E-state index contributed by atoms with van der Waals surface area (Å²) < 4.78 is 12.9. The highest BCUT2D eigenvalue weighted by Gasteiger charge is 2.17. The Morgan fingerprint density at radius 2 is 1.83 bits per heavy atom. The maximum Gasteiger partial charge on any atom is 0.0910 e. The SMILES string of the molecule is CS(=O)N1CCC(N)CC1.Cl.O. The summed E-state index contributed by atoms with van der Waals surface area (Å²) in [5.41, 5.74) is 5.67. The van der Waals surface area contributed by atoms with Crippen molar-refractivity contribution in [1.82, 2.24) is 4.31 Å². The van der Waals surface area contributed by atoms with Crippen LogP contribution in [0.15, 0.2) is 0 Å². The van der Waals surface area contributed by atoms with Gasteiger partial charge in [-0.2, -0.15) is 0 Å². The van der Waals surface area contributed by atoms with Crippen molar-refractivity contribution in [3.05, 3.63) is 0 Å². The van der Waals surface area contributed by atoms with Crippen LogP contribution < -0.4 is 5.73 Å². The summed E-state index contributed by atoms with van der Waals surface area (Å²) in [7, 11) is -0.789. The summed E-state index contributed by atoms with van der Waals surface area (Å²) in [5, 5.41) is 0. The largest absolute Gasteiger partial charge is 0.412 e. The van der Waals surface area contributed by atoms with Crippen molar-refractivity contribution in [2.75, 3.05) is 19.3 Å². The number of rotatable bonds is 1. The summed E-state index contributed by atoms with van der Waals surface area (Å²) in [4.78, 5) is 0. The molecule has 76 valence electrons. The molecule has 4 nitrogen and oxygen atoms in total. The van der Waals surface area contributed by atoms with E-state index in [1.807, 2.05) is 4.31 Å². The van der Waals surface area contributed by atoms with Gasteiger partial charge in [0.15, 0.2) is 0 Å². The Kier molecular flexibility index (Phi) is 8.39. The fourth-order valence-corrected chi connectivity index (χ4v) is 1.86. The van der Waals surface area contributed by atoms with E-state index in [4.69, 9.17) is 5.73 Å². The van der Waals surface area contributed by atoms with Gasteiger partial charge < -0.3 is 11.2 Å². The molecule has 0 aromatic rings. The van der Waals surface area contributed by atoms with Gasteiger partial charge in [-0.3, -0.25) is 0 Å². The smallest absolute Gasteiger partial charge is 0.0910 e. The quantitative estimate of drug-likeness (QED) is 0.629. The van der Waals surface area contributed by atoms with Crippen LogP contribution in [0.4, 0.5) is 0 Å². The molecule has 0 aromatic heterocycles. The first-order chi connectivity index (χ1) is 4.70. The van der Waals surface area contributed by atoms with E-state index in [1.54, 1.807) is 6.26 Å². The first kappa shape index (κ1) is 14.8. The van der Waals surface area contributed by atoms with Gasteiger partial charge in [0, 0.05) is 25.4 Å². The van der Waals surface area contributed by atoms with Crippen molar-refractivity contribution in [1.29, 1.82) is 0 Å². The topological polar surface area (TPSA) is 77.8 Å². The highest BCUT2D eigenvalue weighted by atomic mass is 35.5. The Morgan fingerprint density at radius 3 is 2.17 bits per heavy atom. The van der Waals surface area contributed by atoms with E-state index in [-0.39, 0.29) is 17.9 Å². The summed E-state index contributed by atoms with van der Waals surface area (Å²) in [5.74, 6) is 0. The maximum atomic E-state index is 10.9. The van der Waals surface area contributed by atoms with Crippen molar-refractivity contribution < 1.29 is 9.69 Å². The Labute approximate surface area is 81.8 Å². The molecular formula is C6H17ClN2O2S. The molecule has 1 saturated heterocycles. The molecule has 0 amide bonds. The second kappa shape index (κ2) is 6.80. The van der Waals surface area contributed by atoms with E-state index in [1.165, 1.54) is 0 Å². The summed E-state index contributed by atoms with van der Waals surface area (Å²) in [6, 6.07) is 0.333. The lowest BCUT2D eigenvalue weighted by Gasteiger charge is -2.27. The van der Waals surface area contributed by atoms with Crippen LogP contribution >= 0.6 is 12.4 Å². The molecule has 1 atom stereocenters. The highest BCUT2D eigenvalue weighted by molar-refractivity contribution is 7.81. The van der Waals surface area contributed by atoms with Crippen molar-refractivity contribution in [3.8, 4) is 0 Å². The van der Waals surface area contributed by atoms with Crippen molar-refractivity contribution in [2.24, 2.45) is 5.73 Å². The van der Waals surface area contributed by atoms with Gasteiger partial charge in [-0.15, -0.1) is 12.4 Å². The molecule has 1 fully saturated rings. The zero-order valence-corrected chi connectivity index (χ0v) is 8.79. The molecule has 0 spiro atoms. The fourth-order valence-electron chi connectivity index (χ4n) is 1.13. The van der Waals surface area contributed by atoms with E-state index >= 15 is 0 Å². The highest BCUT2D eigenvalue weighted by Crippen LogP contribution is 2.08. The van der Waals surface area contributed by atoms with E-state index in [9.17, 15) is 4.21 Å². The molecule has 0 saturated carbocycles. The summed E-state index contributed by atoms with van der Waals surface area (Å²) in [6.45, 7) is 1.79. The Hall–Kier alpha value is 0.320. The molecule has 12 heavy (non-hydrogen) atoms. The Balaban J connectivity index is 0. The molecule has 0 radical (unpaired) electrons. The minimum absolute atomic E-state index is 0. The lowest BCUT2D eigenvalue weighted by Crippen LogP contribution is -2.40. The van der Waals surface area contributed by atoms with Gasteiger partial charge in [-0.1, -0.05) is 0 Å². The monoisotopic (exact) mass is 216 g/mol. The van der Waals surface area contributed by atoms with Crippen molar-refractivity contribution in [2.45, 2.75) is 18.9 Å². The standard InChI is InChI=1S/C6H14N2OS.ClH.H2O/c1-10(9)8-4-2-6(7)3-5-8;;/h6H,2-5,7H2,1H3;1H;1H2. The third kappa shape index (κ3) is 4.37. The number of nitrogens with zero attached hydrogens (tertiary/aromatic N) is 1. The molecule has 1 heterocycles. The van der Waals surface area contributed by atoms with Crippen LogP contribution in [-0.2, 0) is 11.0 Å². The van der Waals surface area contributed by atoms with Crippen LogP contribution in [0.25, 0.3) is 0 Å². The van der Waals surface area contributed by atoms with Crippen molar-refractivity contribution in [3.63, 3.8) is 0 Å². The van der Waals surface area contributed by atoms with Gasteiger partial charge >= 0.3 is 0 Å². The van der Waals surface area contributed by atoms with Crippen LogP contribution in [0.5, 0.6) is 0 Å². The van der Waals surface area contributed by atoms with Crippen LogP contribution in [0, 0.1) is 0 Å². The number of hydrogen-bond acceptors (Lipinski definition) is 2. The second-order valence-electron chi connectivity index (χ2n) is 2.69. The molecule has 1 rings (SSSR count). The molecule has 1 aliphatic rings. The first-order valence-corrected chi connectivity index (χ1v) is 5.05. The lowest BCUT2D eigenvalue weighted by atomic mass is 10.1. The zero-order chi connectivity index (χ0) is 7.56. The molecule has 0 aromatic carbocycles. The average Bonchev–Trinajstić information content (AvgIpc) is 1.88. The predicted octanol–water partition coefficient (Wildman–Crippen LogP) is -0.700. The normalized spacial score (nSPS) is 22.2. The number of hydrogen-bond donors (Lipinski definition) is 1. The summed E-state index contributed by atoms with van der Waals surface area (Å²) in [6.07, 6.45) is 3.69. The Bertz CT molecular complexity index is 140. The van der Waals surface area contributed by atoms with Gasteiger partial charge in [0.25, 0.3) is 0 Å². The van der Waals surface area contributed by atoms with E-state index < -0.39 is 11.0 Å². The zero-order valence-electron chi connectivity index (χ0n) is 7.16. The summed E-state index contributed by atoms with van der Waals surface area (Å²) >= 11 is 0. The van der Waals surface area contributed by atoms with Gasteiger partial charge in [-0.25, -0.2) is 8.51 Å². The van der Waals surface area contributed by atoms with Gasteiger partial charge in [0.1, 0.15) is 0 Å². The first-order valence-electron chi connectivity index (χ1n) is 3.54. The van der Waals surface area contributed by atoms with Crippen LogP contribution in [-0.4, -0.2) is 39.4 Å². The number of halogens is 1. The van der Waals surface area contributed by atoms with E-state index in [0.29, 0.717) is 6.04 Å².